The molecular weight excluding hydrogens is 332 g/mol. The lowest BCUT2D eigenvalue weighted by atomic mass is 9.93. The van der Waals surface area contributed by atoms with Gasteiger partial charge in [0.05, 0.1) is 0 Å². The van der Waals surface area contributed by atoms with Crippen molar-refractivity contribution in [3.8, 4) is 11.1 Å². The molecule has 0 nitrogen and oxygen atoms in total. The maximum atomic E-state index is 2.42. The second-order valence-electron chi connectivity index (χ2n) is 7.28. The molecule has 1 heteroatoms. The fraction of sp³-hybridized carbons (Fsp3) is 0.280. The number of hydrogen-bond acceptors (Lipinski definition) is 1. The van der Waals surface area contributed by atoms with E-state index in [0.29, 0.717) is 5.92 Å². The van der Waals surface area contributed by atoms with Crippen LogP contribution in [0.3, 0.4) is 0 Å². The van der Waals surface area contributed by atoms with Gasteiger partial charge in [-0.25, -0.2) is 0 Å². The molecule has 0 fully saturated rings. The molecule has 2 aromatic carbocycles. The SMILES string of the molecule is CCc1ccc(C2=Cc3c(cccc3-c3ccc(C(C)CC)cc3)C2)s1. The Labute approximate surface area is 161 Å². The van der Waals surface area contributed by atoms with Crippen LogP contribution in [0.2, 0.25) is 0 Å². The van der Waals surface area contributed by atoms with E-state index in [-0.39, 0.29) is 0 Å². The molecule has 0 saturated carbocycles. The minimum atomic E-state index is 0.628. The van der Waals surface area contributed by atoms with Gasteiger partial charge in [-0.1, -0.05) is 63.2 Å². The van der Waals surface area contributed by atoms with Gasteiger partial charge in [0.25, 0.3) is 0 Å². The van der Waals surface area contributed by atoms with Crippen LogP contribution in [-0.4, -0.2) is 0 Å². The van der Waals surface area contributed by atoms with E-state index in [4.69, 9.17) is 0 Å². The Morgan fingerprint density at radius 2 is 1.77 bits per heavy atom. The van der Waals surface area contributed by atoms with Crippen LogP contribution < -0.4 is 0 Å². The van der Waals surface area contributed by atoms with E-state index in [2.05, 4.69) is 81.4 Å². The zero-order valence-electron chi connectivity index (χ0n) is 15.9. The van der Waals surface area contributed by atoms with E-state index in [9.17, 15) is 0 Å². The quantitative estimate of drug-likeness (QED) is 0.441. The molecule has 0 spiro atoms. The Morgan fingerprint density at radius 3 is 2.46 bits per heavy atom. The lowest BCUT2D eigenvalue weighted by molar-refractivity contribution is 0.734. The standard InChI is InChI=1S/C25H26S/c1-4-17(3)18-9-11-19(12-10-18)23-8-6-7-20-15-21(16-24(20)23)25-14-13-22(5-2)26-25/h6-14,16-17H,4-5,15H2,1-3H3. The maximum Gasteiger partial charge on any atom is 0.0308 e. The minimum absolute atomic E-state index is 0.628. The van der Waals surface area contributed by atoms with Gasteiger partial charge >= 0.3 is 0 Å². The molecule has 0 aliphatic heterocycles. The number of fused-ring (bicyclic) bond motifs is 1. The monoisotopic (exact) mass is 358 g/mol. The summed E-state index contributed by atoms with van der Waals surface area (Å²) in [6.45, 7) is 6.79. The number of thiophene rings is 1. The van der Waals surface area contributed by atoms with E-state index in [0.717, 1.165) is 12.8 Å². The third-order valence-corrected chi connectivity index (χ3v) is 6.93. The van der Waals surface area contributed by atoms with Gasteiger partial charge in [0.15, 0.2) is 0 Å². The highest BCUT2D eigenvalue weighted by Gasteiger charge is 2.18. The van der Waals surface area contributed by atoms with Crippen LogP contribution in [0.1, 0.15) is 59.6 Å². The molecule has 0 amide bonds. The Balaban J connectivity index is 1.69. The fourth-order valence-electron chi connectivity index (χ4n) is 3.75. The molecule has 3 aromatic rings. The average molecular weight is 359 g/mol. The summed E-state index contributed by atoms with van der Waals surface area (Å²) in [6, 6.07) is 20.5. The van der Waals surface area contributed by atoms with Crippen LogP contribution in [0, 0.1) is 0 Å². The summed E-state index contributed by atoms with van der Waals surface area (Å²) in [7, 11) is 0. The zero-order chi connectivity index (χ0) is 18.1. The Hall–Kier alpha value is -2.12. The van der Waals surface area contributed by atoms with Gasteiger partial charge in [-0.15, -0.1) is 11.3 Å². The molecule has 26 heavy (non-hydrogen) atoms. The molecular formula is C25H26S. The van der Waals surface area contributed by atoms with Crippen LogP contribution in [0.4, 0.5) is 0 Å². The molecule has 1 unspecified atom stereocenters. The van der Waals surface area contributed by atoms with Gasteiger partial charge in [-0.3, -0.25) is 0 Å². The van der Waals surface area contributed by atoms with Crippen LogP contribution in [0.5, 0.6) is 0 Å². The minimum Gasteiger partial charge on any atom is -0.141 e. The first-order chi connectivity index (χ1) is 12.7. The second-order valence-corrected chi connectivity index (χ2v) is 8.44. The highest BCUT2D eigenvalue weighted by molar-refractivity contribution is 7.13. The van der Waals surface area contributed by atoms with Gasteiger partial charge in [-0.05, 0) is 76.8 Å². The summed E-state index contributed by atoms with van der Waals surface area (Å²) in [4.78, 5) is 2.90. The summed E-state index contributed by atoms with van der Waals surface area (Å²) in [5.41, 5.74) is 8.45. The molecule has 0 N–H and O–H groups in total. The van der Waals surface area contributed by atoms with Crippen LogP contribution >= 0.6 is 11.3 Å². The van der Waals surface area contributed by atoms with E-state index in [1.807, 2.05) is 11.3 Å². The lowest BCUT2D eigenvalue weighted by Crippen LogP contribution is -1.92. The highest BCUT2D eigenvalue weighted by Crippen LogP contribution is 2.39. The van der Waals surface area contributed by atoms with Crippen molar-refractivity contribution in [2.45, 2.75) is 46.0 Å². The molecule has 4 rings (SSSR count). The number of hydrogen-bond donors (Lipinski definition) is 0. The number of benzene rings is 2. The maximum absolute atomic E-state index is 2.42. The van der Waals surface area contributed by atoms with Gasteiger partial charge in [0.1, 0.15) is 0 Å². The molecule has 1 atom stereocenters. The third-order valence-electron chi connectivity index (χ3n) is 5.63. The predicted molar refractivity (Wildman–Crippen MR) is 116 cm³/mol. The van der Waals surface area contributed by atoms with Crippen molar-refractivity contribution in [1.82, 2.24) is 0 Å². The largest absolute Gasteiger partial charge is 0.141 e. The number of allylic oxidation sites excluding steroid dienone is 1. The van der Waals surface area contributed by atoms with Gasteiger partial charge in [-0.2, -0.15) is 0 Å². The first kappa shape index (κ1) is 17.3. The van der Waals surface area contributed by atoms with Gasteiger partial charge in [0, 0.05) is 9.75 Å². The van der Waals surface area contributed by atoms with Gasteiger partial charge < -0.3 is 0 Å². The smallest absolute Gasteiger partial charge is 0.0308 e. The molecule has 1 heterocycles. The molecule has 0 bridgehead atoms. The zero-order valence-corrected chi connectivity index (χ0v) is 16.7. The normalized spacial score (nSPS) is 14.2. The summed E-state index contributed by atoms with van der Waals surface area (Å²) in [6.07, 6.45) is 5.78. The predicted octanol–water partition coefficient (Wildman–Crippen LogP) is 7.59. The number of aryl methyl sites for hydroxylation is 1. The molecule has 1 aliphatic rings. The summed E-state index contributed by atoms with van der Waals surface area (Å²) in [5, 5.41) is 0. The number of rotatable bonds is 5. The van der Waals surface area contributed by atoms with Crippen molar-refractivity contribution >= 4 is 23.0 Å². The Morgan fingerprint density at radius 1 is 0.962 bits per heavy atom. The van der Waals surface area contributed by atoms with Crippen molar-refractivity contribution in [3.05, 3.63) is 81.0 Å². The van der Waals surface area contributed by atoms with Crippen LogP contribution in [-0.2, 0) is 12.8 Å². The summed E-state index contributed by atoms with van der Waals surface area (Å²) in [5.74, 6) is 0.628. The second kappa shape index (κ2) is 7.25. The topological polar surface area (TPSA) is 0 Å². The van der Waals surface area contributed by atoms with E-state index in [1.165, 1.54) is 49.6 Å². The van der Waals surface area contributed by atoms with Crippen LogP contribution in [0.25, 0.3) is 22.8 Å². The molecule has 1 aromatic heterocycles. The van der Waals surface area contributed by atoms with Crippen molar-refractivity contribution < 1.29 is 0 Å². The van der Waals surface area contributed by atoms with Crippen molar-refractivity contribution in [1.29, 1.82) is 0 Å². The molecule has 0 saturated heterocycles. The third kappa shape index (κ3) is 3.17. The Bertz CT molecular complexity index is 941. The molecule has 1 aliphatic carbocycles. The van der Waals surface area contributed by atoms with Crippen LogP contribution in [0.15, 0.2) is 54.6 Å². The summed E-state index contributed by atoms with van der Waals surface area (Å²) >= 11 is 1.94. The fourth-order valence-corrected chi connectivity index (χ4v) is 4.71. The van der Waals surface area contributed by atoms with E-state index in [1.54, 1.807) is 0 Å². The van der Waals surface area contributed by atoms with E-state index >= 15 is 0 Å². The van der Waals surface area contributed by atoms with E-state index < -0.39 is 0 Å². The Kier molecular flexibility index (Phi) is 4.82. The van der Waals surface area contributed by atoms with Crippen molar-refractivity contribution in [3.63, 3.8) is 0 Å². The highest BCUT2D eigenvalue weighted by atomic mass is 32.1. The average Bonchev–Trinajstić information content (AvgIpc) is 3.33. The molecule has 132 valence electrons. The summed E-state index contributed by atoms with van der Waals surface area (Å²) < 4.78 is 0. The first-order valence-electron chi connectivity index (χ1n) is 9.71. The van der Waals surface area contributed by atoms with Crippen molar-refractivity contribution in [2.24, 2.45) is 0 Å². The first-order valence-corrected chi connectivity index (χ1v) is 10.5. The lowest BCUT2D eigenvalue weighted by Gasteiger charge is -2.11. The molecule has 0 radical (unpaired) electrons. The van der Waals surface area contributed by atoms with Gasteiger partial charge in [0.2, 0.25) is 0 Å². The van der Waals surface area contributed by atoms with Crippen molar-refractivity contribution in [2.75, 3.05) is 0 Å².